The molecule has 0 unspecified atom stereocenters. The summed E-state index contributed by atoms with van der Waals surface area (Å²) in [5.41, 5.74) is 8.58. The summed E-state index contributed by atoms with van der Waals surface area (Å²) in [6.07, 6.45) is 0. The van der Waals surface area contributed by atoms with Gasteiger partial charge in [-0.05, 0) is 65.8 Å². The second-order valence-electron chi connectivity index (χ2n) is 10.1. The largest absolute Gasteiger partial charge is 0.346 e. The van der Waals surface area contributed by atoms with Gasteiger partial charge in [-0.25, -0.2) is 0 Å². The molecule has 186 valence electrons. The molecule has 5 rings (SSSR count). The van der Waals surface area contributed by atoms with Crippen LogP contribution in [0.4, 0.5) is 0 Å². The number of carbonyl (C=O) groups excluding carboxylic acids is 1. The number of nitrogens with one attached hydrogen (secondary N) is 1. The van der Waals surface area contributed by atoms with Crippen molar-refractivity contribution in [1.29, 1.82) is 0 Å². The van der Waals surface area contributed by atoms with E-state index in [-0.39, 0.29) is 11.9 Å². The summed E-state index contributed by atoms with van der Waals surface area (Å²) in [6.45, 7) is 9.06. The highest BCUT2D eigenvalue weighted by molar-refractivity contribution is 5.98. The van der Waals surface area contributed by atoms with Crippen molar-refractivity contribution in [1.82, 2.24) is 15.1 Å². The van der Waals surface area contributed by atoms with Gasteiger partial charge in [-0.3, -0.25) is 9.48 Å². The molecular weight excluding hydrogens is 454 g/mol. The first-order valence-electron chi connectivity index (χ1n) is 12.9. The molecule has 4 aromatic carbocycles. The van der Waals surface area contributed by atoms with E-state index in [0.717, 1.165) is 22.2 Å². The van der Waals surface area contributed by atoms with Gasteiger partial charge in [0.2, 0.25) is 0 Å². The van der Waals surface area contributed by atoms with Gasteiger partial charge in [0.1, 0.15) is 0 Å². The molecule has 0 fully saturated rings. The predicted octanol–water partition coefficient (Wildman–Crippen LogP) is 7.67. The average Bonchev–Trinajstić information content (AvgIpc) is 3.23. The predicted molar refractivity (Wildman–Crippen MR) is 152 cm³/mol. The average molecular weight is 488 g/mol. The molecule has 0 spiro atoms. The van der Waals surface area contributed by atoms with Crippen LogP contribution in [0.25, 0.3) is 22.0 Å². The third-order valence-electron chi connectivity index (χ3n) is 7.02. The van der Waals surface area contributed by atoms with Crippen molar-refractivity contribution in [2.75, 3.05) is 0 Å². The Morgan fingerprint density at radius 1 is 0.811 bits per heavy atom. The monoisotopic (exact) mass is 487 g/mol. The van der Waals surface area contributed by atoms with Gasteiger partial charge in [0, 0.05) is 10.9 Å². The number of nitrogens with zero attached hydrogens (tertiary/aromatic N) is 2. The van der Waals surface area contributed by atoms with E-state index in [2.05, 4.69) is 92.0 Å². The Morgan fingerprint density at radius 3 is 2.24 bits per heavy atom. The lowest BCUT2D eigenvalue weighted by Crippen LogP contribution is -2.26. The Balaban J connectivity index is 1.32. The molecule has 0 bridgehead atoms. The van der Waals surface area contributed by atoms with Crippen LogP contribution in [0, 0.1) is 6.92 Å². The maximum atomic E-state index is 13.1. The van der Waals surface area contributed by atoms with E-state index >= 15 is 0 Å². The first kappa shape index (κ1) is 24.5. The Bertz CT molecular complexity index is 1530. The van der Waals surface area contributed by atoms with Gasteiger partial charge in [-0.15, -0.1) is 0 Å². The summed E-state index contributed by atoms with van der Waals surface area (Å²) < 4.78 is 2.02. The van der Waals surface area contributed by atoms with E-state index in [1.54, 1.807) is 0 Å². The number of hydrogen-bond donors (Lipinski definition) is 1. The normalized spacial score (nSPS) is 12.1. The third kappa shape index (κ3) is 5.34. The van der Waals surface area contributed by atoms with E-state index in [9.17, 15) is 4.79 Å². The summed E-state index contributed by atoms with van der Waals surface area (Å²) in [7, 11) is 0. The molecule has 1 N–H and O–H groups in total. The minimum atomic E-state index is -0.0791. The van der Waals surface area contributed by atoms with Crippen molar-refractivity contribution >= 4 is 16.8 Å². The van der Waals surface area contributed by atoms with Crippen LogP contribution < -0.4 is 5.32 Å². The van der Waals surface area contributed by atoms with Crippen LogP contribution in [0.5, 0.6) is 0 Å². The topological polar surface area (TPSA) is 46.9 Å². The molecule has 1 heterocycles. The molecule has 0 saturated carbocycles. The van der Waals surface area contributed by atoms with Crippen molar-refractivity contribution in [3.63, 3.8) is 0 Å². The SMILES string of the molecule is Cc1nn(Cc2ccc(-c3ccccc3)cc2)c2ccc(C(=O)N[C@@H](C)c3cccc(C(C)C)c3)cc12. The van der Waals surface area contributed by atoms with Crippen LogP contribution in [-0.4, -0.2) is 15.7 Å². The first-order chi connectivity index (χ1) is 17.9. The standard InChI is InChI=1S/C33H33N3O/c1-22(2)28-11-8-12-29(19-28)23(3)34-33(37)30-17-18-32-31(20-30)24(4)35-36(32)21-25-13-15-27(16-14-25)26-9-6-5-7-10-26/h5-20,22-23H,21H2,1-4H3,(H,34,37)/t23-/m0/s1. The smallest absolute Gasteiger partial charge is 0.251 e. The van der Waals surface area contributed by atoms with E-state index in [4.69, 9.17) is 5.10 Å². The summed E-state index contributed by atoms with van der Waals surface area (Å²) >= 11 is 0. The number of aromatic nitrogens is 2. The number of fused-ring (bicyclic) bond motifs is 1. The van der Waals surface area contributed by atoms with Crippen LogP contribution in [0.3, 0.4) is 0 Å². The maximum Gasteiger partial charge on any atom is 0.251 e. The Hall–Kier alpha value is -4.18. The van der Waals surface area contributed by atoms with Crippen LogP contribution in [-0.2, 0) is 6.54 Å². The van der Waals surface area contributed by atoms with Gasteiger partial charge in [-0.2, -0.15) is 5.10 Å². The molecule has 0 saturated heterocycles. The minimum absolute atomic E-state index is 0.0759. The Morgan fingerprint density at radius 2 is 1.51 bits per heavy atom. The summed E-state index contributed by atoms with van der Waals surface area (Å²) in [5.74, 6) is 0.375. The molecule has 4 nitrogen and oxygen atoms in total. The molecule has 4 heteroatoms. The van der Waals surface area contributed by atoms with Crippen LogP contribution in [0.1, 0.15) is 65.5 Å². The summed E-state index contributed by atoms with van der Waals surface area (Å²) in [6, 6.07) is 33.2. The fraction of sp³-hybridized carbons (Fsp3) is 0.212. The maximum absolute atomic E-state index is 13.1. The zero-order chi connectivity index (χ0) is 25.9. The van der Waals surface area contributed by atoms with Crippen LogP contribution in [0.2, 0.25) is 0 Å². The molecule has 37 heavy (non-hydrogen) atoms. The number of aryl methyl sites for hydroxylation is 1. The first-order valence-corrected chi connectivity index (χ1v) is 12.9. The van der Waals surface area contributed by atoms with Crippen molar-refractivity contribution in [3.05, 3.63) is 125 Å². The Kier molecular flexibility index (Phi) is 6.91. The Labute approximate surface area is 219 Å². The van der Waals surface area contributed by atoms with E-state index in [1.165, 1.54) is 22.3 Å². The number of amides is 1. The van der Waals surface area contributed by atoms with E-state index in [0.29, 0.717) is 18.0 Å². The third-order valence-corrected chi connectivity index (χ3v) is 7.02. The second kappa shape index (κ2) is 10.4. The van der Waals surface area contributed by atoms with Gasteiger partial charge < -0.3 is 5.32 Å². The van der Waals surface area contributed by atoms with E-state index in [1.807, 2.05) is 42.8 Å². The molecule has 1 aromatic heterocycles. The molecular formula is C33H33N3O. The van der Waals surface area contributed by atoms with Crippen molar-refractivity contribution < 1.29 is 4.79 Å². The quantitative estimate of drug-likeness (QED) is 0.256. The van der Waals surface area contributed by atoms with Crippen molar-refractivity contribution in [3.8, 4) is 11.1 Å². The molecule has 0 aliphatic carbocycles. The minimum Gasteiger partial charge on any atom is -0.346 e. The lowest BCUT2D eigenvalue weighted by Gasteiger charge is -2.16. The van der Waals surface area contributed by atoms with Crippen LogP contribution >= 0.6 is 0 Å². The molecule has 5 aromatic rings. The molecule has 1 amide bonds. The summed E-state index contributed by atoms with van der Waals surface area (Å²) in [4.78, 5) is 13.1. The molecule has 1 atom stereocenters. The van der Waals surface area contributed by atoms with Crippen molar-refractivity contribution in [2.45, 2.75) is 46.2 Å². The van der Waals surface area contributed by atoms with Crippen molar-refractivity contribution in [2.24, 2.45) is 0 Å². The fourth-order valence-electron chi connectivity index (χ4n) is 4.76. The second-order valence-corrected chi connectivity index (χ2v) is 10.1. The zero-order valence-electron chi connectivity index (χ0n) is 21.9. The van der Waals surface area contributed by atoms with E-state index < -0.39 is 0 Å². The zero-order valence-corrected chi connectivity index (χ0v) is 21.9. The molecule has 0 radical (unpaired) electrons. The lowest BCUT2D eigenvalue weighted by atomic mass is 9.98. The van der Waals surface area contributed by atoms with Gasteiger partial charge in [0.15, 0.2) is 0 Å². The highest BCUT2D eigenvalue weighted by atomic mass is 16.1. The van der Waals surface area contributed by atoms with Gasteiger partial charge in [-0.1, -0.05) is 92.7 Å². The lowest BCUT2D eigenvalue weighted by molar-refractivity contribution is 0.0940. The number of carbonyl (C=O) groups is 1. The van der Waals surface area contributed by atoms with Gasteiger partial charge in [0.05, 0.1) is 23.8 Å². The van der Waals surface area contributed by atoms with Gasteiger partial charge in [0.25, 0.3) is 5.91 Å². The molecule has 0 aliphatic rings. The summed E-state index contributed by atoms with van der Waals surface area (Å²) in [5, 5.41) is 8.95. The number of benzene rings is 4. The number of hydrogen-bond acceptors (Lipinski definition) is 2. The van der Waals surface area contributed by atoms with Crippen LogP contribution in [0.15, 0.2) is 97.1 Å². The highest BCUT2D eigenvalue weighted by Gasteiger charge is 2.15. The van der Waals surface area contributed by atoms with Gasteiger partial charge >= 0.3 is 0 Å². The fourth-order valence-corrected chi connectivity index (χ4v) is 4.76. The number of rotatable bonds is 7. The molecule has 0 aliphatic heterocycles. The highest BCUT2D eigenvalue weighted by Crippen LogP contribution is 2.24.